The van der Waals surface area contributed by atoms with Gasteiger partial charge in [0.25, 0.3) is 0 Å². The first-order valence-electron chi connectivity index (χ1n) is 16.5. The van der Waals surface area contributed by atoms with Crippen LogP contribution in [0.1, 0.15) is 5.56 Å². The van der Waals surface area contributed by atoms with E-state index >= 15 is 0 Å². The molecular weight excluding hydrogens is 736 g/mol. The molecule has 4 aromatic rings. The van der Waals surface area contributed by atoms with Gasteiger partial charge in [-0.3, -0.25) is 4.79 Å². The summed E-state index contributed by atoms with van der Waals surface area (Å²) in [5, 5.41) is 113. The van der Waals surface area contributed by atoms with E-state index in [9.17, 15) is 65.8 Å². The molecule has 0 bridgehead atoms. The van der Waals surface area contributed by atoms with Gasteiger partial charge in [0.15, 0.2) is 17.3 Å². The van der Waals surface area contributed by atoms with E-state index in [2.05, 4.69) is 0 Å². The standard InChI is InChI=1S/C36H36O19/c37-12-22-26(43)29(46)31(48)35(53-22)52-20-9-15(4-7-18(20)40)33-34(28(45)25-19(41)10-17(39)11-21(25)51-33)55-36-32(49)30(47)27(44)23(54-36)13-50-24(42)8-3-14-1-5-16(38)6-2-14/h1-11,22-23,26-27,29-32,35-41,43-44,46-49H,12-13H2/b8-3+/t22-,23-,26-,27-,29+,30+,31-,32-,35-,36+/m1/s1. The Morgan fingerprint density at radius 3 is 2.02 bits per heavy atom. The summed E-state index contributed by atoms with van der Waals surface area (Å²) in [4.78, 5) is 26.4. The van der Waals surface area contributed by atoms with E-state index in [0.717, 1.165) is 30.3 Å². The van der Waals surface area contributed by atoms with Crippen molar-refractivity contribution in [2.45, 2.75) is 61.4 Å². The fraction of sp³-hybridized carbons (Fsp3) is 0.333. The first-order valence-corrected chi connectivity index (χ1v) is 16.5. The number of phenols is 4. The normalized spacial score (nSPS) is 28.3. The van der Waals surface area contributed by atoms with Crippen LogP contribution in [0.5, 0.6) is 34.5 Å². The molecule has 0 amide bonds. The number of aromatic hydroxyl groups is 4. The smallest absolute Gasteiger partial charge is 0.330 e. The Labute approximate surface area is 308 Å². The lowest BCUT2D eigenvalue weighted by Crippen LogP contribution is -2.60. The van der Waals surface area contributed by atoms with E-state index < -0.39 is 126 Å². The Morgan fingerprint density at radius 1 is 0.709 bits per heavy atom. The lowest BCUT2D eigenvalue weighted by Gasteiger charge is -2.39. The SMILES string of the molecule is O=C(/C=C/c1ccc(O)cc1)OC[C@H]1O[C@@H](Oc2c(-c3ccc(O)c(O[C@@H]4O[C@H](CO)[C@@H](O)[C@H](O)[C@H]4O)c3)oc3cc(O)cc(O)c3c2=O)[C@H](O)[C@@H](O)[C@@H]1O. The van der Waals surface area contributed by atoms with E-state index in [1.54, 1.807) is 0 Å². The van der Waals surface area contributed by atoms with E-state index in [4.69, 9.17) is 28.1 Å². The maximum absolute atomic E-state index is 14.0. The average molecular weight is 773 g/mol. The highest BCUT2D eigenvalue weighted by Crippen LogP contribution is 2.40. The monoisotopic (exact) mass is 772 g/mol. The lowest BCUT2D eigenvalue weighted by molar-refractivity contribution is -0.278. The van der Waals surface area contributed by atoms with Gasteiger partial charge in [-0.15, -0.1) is 0 Å². The second kappa shape index (κ2) is 16.1. The van der Waals surface area contributed by atoms with Gasteiger partial charge >= 0.3 is 5.97 Å². The zero-order chi connectivity index (χ0) is 39.7. The first-order chi connectivity index (χ1) is 26.2. The van der Waals surface area contributed by atoms with E-state index in [1.165, 1.54) is 36.4 Å². The van der Waals surface area contributed by atoms with Gasteiger partial charge in [0, 0.05) is 23.8 Å². The number of carbonyl (C=O) groups excluding carboxylic acids is 1. The number of hydrogen-bond donors (Lipinski definition) is 11. The van der Waals surface area contributed by atoms with Gasteiger partial charge in [-0.25, -0.2) is 4.79 Å². The number of benzene rings is 3. The molecule has 2 fully saturated rings. The highest BCUT2D eigenvalue weighted by molar-refractivity contribution is 5.88. The lowest BCUT2D eigenvalue weighted by atomic mass is 9.99. The molecule has 0 unspecified atom stereocenters. The fourth-order valence-corrected chi connectivity index (χ4v) is 5.83. The Kier molecular flexibility index (Phi) is 11.5. The van der Waals surface area contributed by atoms with E-state index in [1.807, 2.05) is 0 Å². The molecule has 0 saturated carbocycles. The van der Waals surface area contributed by atoms with Crippen LogP contribution in [0.25, 0.3) is 28.4 Å². The number of ether oxygens (including phenoxy) is 5. The number of aliphatic hydroxyl groups is 7. The summed E-state index contributed by atoms with van der Waals surface area (Å²) in [6, 6.07) is 11.0. The Balaban J connectivity index is 1.31. The largest absolute Gasteiger partial charge is 0.508 e. The number of esters is 1. The van der Waals surface area contributed by atoms with E-state index in [0.29, 0.717) is 5.56 Å². The molecule has 2 saturated heterocycles. The van der Waals surface area contributed by atoms with Crippen LogP contribution in [0.2, 0.25) is 0 Å². The van der Waals surface area contributed by atoms with Crippen LogP contribution in [-0.4, -0.2) is 137 Å². The van der Waals surface area contributed by atoms with Gasteiger partial charge in [-0.2, -0.15) is 0 Å². The fourth-order valence-electron chi connectivity index (χ4n) is 5.83. The zero-order valence-corrected chi connectivity index (χ0v) is 28.2. The number of rotatable bonds is 10. The summed E-state index contributed by atoms with van der Waals surface area (Å²) < 4.78 is 33.4. The molecule has 19 heteroatoms. The third-order valence-corrected chi connectivity index (χ3v) is 8.83. The summed E-state index contributed by atoms with van der Waals surface area (Å²) in [6.45, 7) is -1.46. The molecule has 2 aliphatic rings. The van der Waals surface area contributed by atoms with Gasteiger partial charge in [-0.1, -0.05) is 12.1 Å². The molecule has 294 valence electrons. The predicted octanol–water partition coefficient (Wildman–Crippen LogP) is -1.10. The first kappa shape index (κ1) is 39.2. The molecule has 55 heavy (non-hydrogen) atoms. The van der Waals surface area contributed by atoms with Crippen LogP contribution in [0.4, 0.5) is 0 Å². The maximum Gasteiger partial charge on any atom is 0.330 e. The van der Waals surface area contributed by atoms with E-state index in [-0.39, 0.29) is 16.9 Å². The second-order valence-electron chi connectivity index (χ2n) is 12.6. The quantitative estimate of drug-likeness (QED) is 0.0673. The molecule has 3 aromatic carbocycles. The van der Waals surface area contributed by atoms with Crippen molar-refractivity contribution < 1.29 is 89.1 Å². The second-order valence-corrected chi connectivity index (χ2v) is 12.6. The summed E-state index contributed by atoms with van der Waals surface area (Å²) in [5.74, 6) is -4.45. The number of aliphatic hydroxyl groups excluding tert-OH is 7. The molecular formula is C36H36O19. The summed E-state index contributed by atoms with van der Waals surface area (Å²) >= 11 is 0. The van der Waals surface area contributed by atoms with Crippen molar-refractivity contribution in [1.82, 2.24) is 0 Å². The molecule has 1 aromatic heterocycles. The Morgan fingerprint density at radius 2 is 1.35 bits per heavy atom. The van der Waals surface area contributed by atoms with Crippen molar-refractivity contribution in [3.05, 3.63) is 76.5 Å². The van der Waals surface area contributed by atoms with Gasteiger partial charge in [-0.05, 0) is 42.0 Å². The van der Waals surface area contributed by atoms with Crippen LogP contribution in [-0.2, 0) is 19.0 Å². The third kappa shape index (κ3) is 8.15. The average Bonchev–Trinajstić information content (AvgIpc) is 3.15. The Hall–Kier alpha value is -5.48. The molecule has 11 N–H and O–H groups in total. The number of carbonyl (C=O) groups is 1. The molecule has 2 aliphatic heterocycles. The molecule has 6 rings (SSSR count). The number of fused-ring (bicyclic) bond motifs is 1. The molecule has 0 spiro atoms. The van der Waals surface area contributed by atoms with Crippen molar-refractivity contribution in [1.29, 1.82) is 0 Å². The predicted molar refractivity (Wildman–Crippen MR) is 183 cm³/mol. The molecule has 3 heterocycles. The van der Waals surface area contributed by atoms with Crippen LogP contribution >= 0.6 is 0 Å². The maximum atomic E-state index is 14.0. The van der Waals surface area contributed by atoms with Gasteiger partial charge in [0.1, 0.15) is 83.7 Å². The minimum atomic E-state index is -2.04. The van der Waals surface area contributed by atoms with Crippen molar-refractivity contribution in [3.8, 4) is 45.8 Å². The highest BCUT2D eigenvalue weighted by Gasteiger charge is 2.47. The Bertz CT molecular complexity index is 2100. The minimum Gasteiger partial charge on any atom is -0.508 e. The van der Waals surface area contributed by atoms with Gasteiger partial charge in [0.05, 0.1) is 6.61 Å². The summed E-state index contributed by atoms with van der Waals surface area (Å²) in [5.41, 5.74) is -1.06. The van der Waals surface area contributed by atoms with Crippen LogP contribution < -0.4 is 14.9 Å². The highest BCUT2D eigenvalue weighted by atomic mass is 16.7. The third-order valence-electron chi connectivity index (χ3n) is 8.83. The molecule has 0 aliphatic carbocycles. The van der Waals surface area contributed by atoms with Crippen molar-refractivity contribution in [2.75, 3.05) is 13.2 Å². The number of hydrogen-bond acceptors (Lipinski definition) is 19. The summed E-state index contributed by atoms with van der Waals surface area (Å²) in [7, 11) is 0. The molecule has 0 radical (unpaired) electrons. The summed E-state index contributed by atoms with van der Waals surface area (Å²) in [6.07, 6.45) is -15.5. The van der Waals surface area contributed by atoms with Crippen molar-refractivity contribution >= 4 is 23.0 Å². The van der Waals surface area contributed by atoms with Crippen molar-refractivity contribution in [2.24, 2.45) is 0 Å². The zero-order valence-electron chi connectivity index (χ0n) is 28.2. The van der Waals surface area contributed by atoms with Crippen LogP contribution in [0, 0.1) is 0 Å². The molecule has 10 atom stereocenters. The van der Waals surface area contributed by atoms with Crippen LogP contribution in [0.15, 0.2) is 69.9 Å². The number of phenolic OH excluding ortho intramolecular Hbond substituents is 4. The van der Waals surface area contributed by atoms with Crippen LogP contribution in [0.3, 0.4) is 0 Å². The minimum absolute atomic E-state index is 0.0130. The van der Waals surface area contributed by atoms with Gasteiger partial charge < -0.3 is 84.3 Å². The van der Waals surface area contributed by atoms with Crippen molar-refractivity contribution in [3.63, 3.8) is 0 Å². The van der Waals surface area contributed by atoms with Gasteiger partial charge in [0.2, 0.25) is 23.8 Å². The topological polar surface area (TPSA) is 316 Å². The molecule has 19 nitrogen and oxygen atoms in total.